The molecule has 3 aliphatic rings. The fourth-order valence-corrected chi connectivity index (χ4v) is 13.7. The van der Waals surface area contributed by atoms with Crippen LogP contribution in [0.15, 0.2) is 0 Å². The lowest BCUT2D eigenvalue weighted by atomic mass is 9.97. The number of carbonyl (C=O) groups excluding carboxylic acids is 11. The second kappa shape index (κ2) is 63.4. The maximum atomic E-state index is 14.0. The third-order valence-electron chi connectivity index (χ3n) is 20.4. The predicted octanol–water partition coefficient (Wildman–Crippen LogP) is 1.15. The molecule has 6 unspecified atom stereocenters. The smallest absolute Gasteiger partial charge is 0.222 e. The summed E-state index contributed by atoms with van der Waals surface area (Å²) in [7, 11) is 1.51. The first-order valence-electron chi connectivity index (χ1n) is 42.4. The molecule has 3 aliphatic heterocycles. The molecule has 0 spiro atoms. The Kier molecular flexibility index (Phi) is 57.2. The van der Waals surface area contributed by atoms with E-state index < -0.39 is 135 Å². The maximum absolute atomic E-state index is 14.0. The first-order valence-corrected chi connectivity index (χ1v) is 42.4. The summed E-state index contributed by atoms with van der Waals surface area (Å²) in [5.41, 5.74) is -1.35. The van der Waals surface area contributed by atoms with Crippen LogP contribution >= 0.6 is 0 Å². The number of amides is 6. The van der Waals surface area contributed by atoms with Crippen LogP contribution in [0, 0.1) is 0 Å². The van der Waals surface area contributed by atoms with Gasteiger partial charge < -0.3 is 125 Å². The quantitative estimate of drug-likeness (QED) is 0.0380. The molecule has 0 aromatic rings. The van der Waals surface area contributed by atoms with E-state index in [1.807, 2.05) is 0 Å². The molecule has 36 heteroatoms. The van der Waals surface area contributed by atoms with E-state index in [1.165, 1.54) is 27.9 Å². The Morgan fingerprint density at radius 2 is 0.590 bits per heavy atom. The van der Waals surface area contributed by atoms with Crippen molar-refractivity contribution in [2.24, 2.45) is 0 Å². The summed E-state index contributed by atoms with van der Waals surface area (Å²) in [5.74, 6) is -2.31. The lowest BCUT2D eigenvalue weighted by molar-refractivity contribution is -0.270. The average Bonchev–Trinajstić information content (AvgIpc) is 0.827. The fourth-order valence-electron chi connectivity index (χ4n) is 13.7. The third-order valence-corrected chi connectivity index (χ3v) is 20.4. The van der Waals surface area contributed by atoms with Crippen molar-refractivity contribution in [2.45, 2.75) is 343 Å². The topological polar surface area (TPSA) is 534 Å². The average molecular weight is 1680 g/mol. The monoisotopic (exact) mass is 1680 g/mol. The van der Waals surface area contributed by atoms with Crippen LogP contribution in [-0.4, -0.2) is 314 Å². The molecule has 0 bridgehead atoms. The fraction of sp³-hybridized carbons (Fsp3) is 0.864. The highest BCUT2D eigenvalue weighted by Gasteiger charge is 2.48. The lowest BCUT2D eigenvalue weighted by Crippen LogP contribution is -2.64. The van der Waals surface area contributed by atoms with Crippen LogP contribution in [0.4, 0.5) is 0 Å². The van der Waals surface area contributed by atoms with Crippen molar-refractivity contribution in [1.82, 2.24) is 31.9 Å². The van der Waals surface area contributed by atoms with Crippen LogP contribution in [0.3, 0.4) is 0 Å². The summed E-state index contributed by atoms with van der Waals surface area (Å²) < 4.78 is 57.4. The van der Waals surface area contributed by atoms with Gasteiger partial charge in [-0.15, -0.1) is 0 Å². The second-order valence-corrected chi connectivity index (χ2v) is 30.9. The van der Waals surface area contributed by atoms with Gasteiger partial charge in [-0.2, -0.15) is 0 Å². The largest absolute Gasteiger partial charge is 0.394 e. The van der Waals surface area contributed by atoms with E-state index in [2.05, 4.69) is 31.9 Å². The number of Topliss-reactive ketones (excluding diaryl/α,β-unsaturated/α-hetero) is 5. The lowest BCUT2D eigenvalue weighted by Gasteiger charge is -2.42. The maximum Gasteiger partial charge on any atom is 0.222 e. The zero-order valence-electron chi connectivity index (χ0n) is 69.6. The molecule has 15 N–H and O–H groups in total. The minimum absolute atomic E-state index is 0.0225. The SMILES string of the molecule is COCC(=O)CCCCCCCCCCCCC(=O)NC(COCCC(=O)CCCCCC(=O)CCCCO[C@@H]1OC(CO)[C@H](O)[C@H](O)C1NC(C)=O)(COCCC(=O)CCCCCC(=O)CCCCO[C@@H]1OC(CO)[C@H](O)[C@H](O)C1NC(C)=O)COCCC(=O)NCCCNC(=O)CCCCO[C@@H]1OC(CO)[C@H](O)[C@H](O)C1NC(C)=O. The zero-order valence-corrected chi connectivity index (χ0v) is 69.6. The molecule has 3 rings (SSSR count). The van der Waals surface area contributed by atoms with E-state index >= 15 is 0 Å². The molecular formula is C81H142N6O30. The standard InChI is InChI=1S/C81H142N6O30/c1-55(91)84-69-75(105)72(102)63(48-88)115-78(69)112-42-24-21-32-58(94)28-16-13-18-30-60(96)37-45-109-52-81(87-68(101)36-20-12-10-8-6-5-7-9-11-15-34-62(98)51-108-4,53-110-46-38-61(97)31-19-14-17-29-59(95)33-22-25-43-113-79-70(85-56(2)92)76(106)73(103)64(49-89)116-79)54-111-47-39-67(100)83-41-27-40-82-66(99)35-23-26-44-114-80-71(86-57(3)93)77(107)74(104)65(50-90)117-80/h63-65,69-80,88-90,102-107H,5-54H2,1-4H3,(H,82,99)(H,83,100)(H,84,91)(H,85,92)(H,86,93)(H,87,101)/t63?,64?,65?,69?,70?,71?,72-,73-,74-,75+,76+,77+,78+,79+,80+,81?/m0/s1. The number of unbranched alkanes of at least 4 members (excludes halogenated alkanes) is 16. The van der Waals surface area contributed by atoms with Crippen molar-refractivity contribution < 1.29 is 146 Å². The number of ether oxygens (including phenoxy) is 10. The first kappa shape index (κ1) is 106. The molecule has 0 aromatic carbocycles. The van der Waals surface area contributed by atoms with E-state index in [0.29, 0.717) is 109 Å². The van der Waals surface area contributed by atoms with Gasteiger partial charge in [-0.3, -0.25) is 52.7 Å². The number of methoxy groups -OCH3 is 1. The van der Waals surface area contributed by atoms with E-state index in [0.717, 1.165) is 57.8 Å². The Bertz CT molecular complexity index is 2590. The number of hydrogen-bond donors (Lipinski definition) is 15. The van der Waals surface area contributed by atoms with Gasteiger partial charge in [-0.1, -0.05) is 64.2 Å². The van der Waals surface area contributed by atoms with Gasteiger partial charge in [-0.25, -0.2) is 0 Å². The van der Waals surface area contributed by atoms with E-state index in [1.54, 1.807) is 0 Å². The van der Waals surface area contributed by atoms with Gasteiger partial charge >= 0.3 is 0 Å². The molecule has 676 valence electrons. The van der Waals surface area contributed by atoms with Gasteiger partial charge in [0.1, 0.15) is 108 Å². The Morgan fingerprint density at radius 1 is 0.316 bits per heavy atom. The molecule has 3 saturated heterocycles. The van der Waals surface area contributed by atoms with Gasteiger partial charge in [0, 0.05) is 138 Å². The summed E-state index contributed by atoms with van der Waals surface area (Å²) in [4.78, 5) is 139. The summed E-state index contributed by atoms with van der Waals surface area (Å²) in [6, 6.07) is -3.23. The molecule has 3 fully saturated rings. The molecule has 6 amide bonds. The number of rotatable bonds is 71. The van der Waals surface area contributed by atoms with Crippen LogP contribution in [0.5, 0.6) is 0 Å². The van der Waals surface area contributed by atoms with E-state index in [9.17, 15) is 98.7 Å². The van der Waals surface area contributed by atoms with Crippen LogP contribution in [0.1, 0.15) is 245 Å². The first-order chi connectivity index (χ1) is 56.2. The molecule has 0 aromatic heterocycles. The molecule has 3 heterocycles. The van der Waals surface area contributed by atoms with Crippen LogP contribution < -0.4 is 31.9 Å². The van der Waals surface area contributed by atoms with Crippen molar-refractivity contribution in [3.8, 4) is 0 Å². The summed E-state index contributed by atoms with van der Waals surface area (Å²) in [5, 5.41) is 107. The molecular weight excluding hydrogens is 1540 g/mol. The van der Waals surface area contributed by atoms with Crippen molar-refractivity contribution in [3.05, 3.63) is 0 Å². The van der Waals surface area contributed by atoms with E-state index in [4.69, 9.17) is 47.4 Å². The van der Waals surface area contributed by atoms with Crippen LogP contribution in [0.2, 0.25) is 0 Å². The summed E-state index contributed by atoms with van der Waals surface area (Å²) >= 11 is 0. The van der Waals surface area contributed by atoms with Gasteiger partial charge in [-0.05, 0) is 83.5 Å². The van der Waals surface area contributed by atoms with Gasteiger partial charge in [0.25, 0.3) is 0 Å². The zero-order chi connectivity index (χ0) is 86.2. The number of carbonyl (C=O) groups is 11. The molecule has 15 atom stereocenters. The highest BCUT2D eigenvalue weighted by atomic mass is 16.7. The van der Waals surface area contributed by atoms with Crippen molar-refractivity contribution in [3.63, 3.8) is 0 Å². The van der Waals surface area contributed by atoms with Gasteiger partial charge in [0.2, 0.25) is 35.4 Å². The van der Waals surface area contributed by atoms with Crippen molar-refractivity contribution in [2.75, 3.05) is 106 Å². The second-order valence-electron chi connectivity index (χ2n) is 30.9. The molecule has 117 heavy (non-hydrogen) atoms. The Labute approximate surface area is 688 Å². The number of hydrogen-bond acceptors (Lipinski definition) is 30. The number of aliphatic hydroxyl groups is 9. The Balaban J connectivity index is 1.57. The summed E-state index contributed by atoms with van der Waals surface area (Å²) in [6.45, 7) is 2.27. The molecule has 0 radical (unpaired) electrons. The van der Waals surface area contributed by atoms with Crippen LogP contribution in [0.25, 0.3) is 0 Å². The minimum atomic E-state index is -1.45. The predicted molar refractivity (Wildman–Crippen MR) is 422 cm³/mol. The highest BCUT2D eigenvalue weighted by molar-refractivity contribution is 5.81. The Hall–Kier alpha value is -5.59. The van der Waals surface area contributed by atoms with Crippen molar-refractivity contribution in [1.29, 1.82) is 0 Å². The molecule has 0 saturated carbocycles. The summed E-state index contributed by atoms with van der Waals surface area (Å²) in [6.07, 6.45) is 2.99. The Morgan fingerprint density at radius 3 is 0.923 bits per heavy atom. The number of ketones is 5. The van der Waals surface area contributed by atoms with Crippen LogP contribution in [-0.2, 0) is 100 Å². The number of aliphatic hydroxyl groups excluding tert-OH is 9. The normalized spacial score (nSPS) is 23.8. The van der Waals surface area contributed by atoms with E-state index in [-0.39, 0.29) is 184 Å². The minimum Gasteiger partial charge on any atom is -0.394 e. The third kappa shape index (κ3) is 46.3. The van der Waals surface area contributed by atoms with Gasteiger partial charge in [0.05, 0.1) is 59.5 Å². The highest BCUT2D eigenvalue weighted by Crippen LogP contribution is 2.27. The number of nitrogens with one attached hydrogen (secondary N) is 6. The van der Waals surface area contributed by atoms with Gasteiger partial charge in [0.15, 0.2) is 24.7 Å². The van der Waals surface area contributed by atoms with Crippen molar-refractivity contribution >= 4 is 64.4 Å². The molecule has 36 nitrogen and oxygen atoms in total. The molecule has 0 aliphatic carbocycles.